The molecule has 1 heterocycles. The van der Waals surface area contributed by atoms with Gasteiger partial charge in [0, 0.05) is 19.1 Å². The highest BCUT2D eigenvalue weighted by Crippen LogP contribution is 2.15. The van der Waals surface area contributed by atoms with Gasteiger partial charge in [-0.1, -0.05) is 6.42 Å². The normalized spacial score (nSPS) is 23.2. The van der Waals surface area contributed by atoms with Crippen LogP contribution < -0.4 is 10.6 Å². The van der Waals surface area contributed by atoms with Crippen LogP contribution in [0.1, 0.15) is 32.6 Å². The van der Waals surface area contributed by atoms with Crippen LogP contribution in [0.3, 0.4) is 0 Å². The van der Waals surface area contributed by atoms with Crippen molar-refractivity contribution in [2.75, 3.05) is 39.8 Å². The second-order valence-electron chi connectivity index (χ2n) is 4.59. The van der Waals surface area contributed by atoms with Gasteiger partial charge in [0.05, 0.1) is 0 Å². The van der Waals surface area contributed by atoms with E-state index in [-0.39, 0.29) is 0 Å². The summed E-state index contributed by atoms with van der Waals surface area (Å²) in [5, 5.41) is 6.59. The maximum atomic E-state index is 3.45. The summed E-state index contributed by atoms with van der Waals surface area (Å²) in [5.41, 5.74) is 0. The van der Waals surface area contributed by atoms with Crippen molar-refractivity contribution in [1.82, 2.24) is 15.5 Å². The van der Waals surface area contributed by atoms with E-state index >= 15 is 0 Å². The summed E-state index contributed by atoms with van der Waals surface area (Å²) in [7, 11) is 2.00. The Balaban J connectivity index is 1.94. The largest absolute Gasteiger partial charge is 0.318 e. The van der Waals surface area contributed by atoms with Crippen LogP contribution in [0.4, 0.5) is 0 Å². The van der Waals surface area contributed by atoms with Crippen molar-refractivity contribution in [2.45, 2.75) is 38.6 Å². The molecule has 1 rings (SSSR count). The van der Waals surface area contributed by atoms with Crippen LogP contribution in [0.15, 0.2) is 0 Å². The lowest BCUT2D eigenvalue weighted by atomic mass is 10.0. The molecular formula is C12H27N3. The average Bonchev–Trinajstić information content (AvgIpc) is 2.25. The van der Waals surface area contributed by atoms with Crippen molar-refractivity contribution in [3.8, 4) is 0 Å². The van der Waals surface area contributed by atoms with Crippen LogP contribution in [-0.4, -0.2) is 50.7 Å². The average molecular weight is 213 g/mol. The molecule has 0 aromatic carbocycles. The van der Waals surface area contributed by atoms with Crippen LogP contribution in [0.5, 0.6) is 0 Å². The second-order valence-corrected chi connectivity index (χ2v) is 4.59. The molecule has 0 aliphatic carbocycles. The Morgan fingerprint density at radius 2 is 2.07 bits per heavy atom. The van der Waals surface area contributed by atoms with Gasteiger partial charge < -0.3 is 15.5 Å². The van der Waals surface area contributed by atoms with Gasteiger partial charge in [-0.05, 0) is 52.9 Å². The molecular weight excluding hydrogens is 186 g/mol. The highest BCUT2D eigenvalue weighted by Gasteiger charge is 2.16. The van der Waals surface area contributed by atoms with Crippen molar-refractivity contribution in [3.05, 3.63) is 0 Å². The van der Waals surface area contributed by atoms with Gasteiger partial charge in [-0.25, -0.2) is 0 Å². The lowest BCUT2D eigenvalue weighted by Gasteiger charge is -2.33. The van der Waals surface area contributed by atoms with E-state index in [1.165, 1.54) is 38.8 Å². The number of hydrogen-bond acceptors (Lipinski definition) is 3. The summed E-state index contributed by atoms with van der Waals surface area (Å²) in [5.74, 6) is 0. The van der Waals surface area contributed by atoms with Gasteiger partial charge in [-0.2, -0.15) is 0 Å². The van der Waals surface area contributed by atoms with Gasteiger partial charge >= 0.3 is 0 Å². The molecule has 0 aromatic rings. The molecule has 1 aliphatic heterocycles. The van der Waals surface area contributed by atoms with E-state index in [0.29, 0.717) is 0 Å². The summed E-state index contributed by atoms with van der Waals surface area (Å²) in [6, 6.07) is 0.816. The molecule has 1 atom stereocenters. The van der Waals surface area contributed by atoms with Gasteiger partial charge in [0.25, 0.3) is 0 Å². The first-order chi connectivity index (χ1) is 7.34. The molecule has 0 spiro atoms. The Morgan fingerprint density at radius 1 is 1.20 bits per heavy atom. The van der Waals surface area contributed by atoms with Crippen molar-refractivity contribution in [2.24, 2.45) is 0 Å². The van der Waals surface area contributed by atoms with Crippen molar-refractivity contribution in [3.63, 3.8) is 0 Å². The predicted octanol–water partition coefficient (Wildman–Crippen LogP) is 1.06. The van der Waals surface area contributed by atoms with E-state index in [4.69, 9.17) is 0 Å². The molecule has 3 nitrogen and oxygen atoms in total. The number of rotatable bonds is 7. The SMILES string of the molecule is CNCCNCCCN1CCCCC1C. The predicted molar refractivity (Wildman–Crippen MR) is 66.3 cm³/mol. The van der Waals surface area contributed by atoms with Gasteiger partial charge in [0.15, 0.2) is 0 Å². The van der Waals surface area contributed by atoms with Crippen LogP contribution in [0.25, 0.3) is 0 Å². The summed E-state index contributed by atoms with van der Waals surface area (Å²) >= 11 is 0. The maximum Gasteiger partial charge on any atom is 0.00766 e. The second kappa shape index (κ2) is 8.08. The molecule has 1 saturated heterocycles. The number of hydrogen-bond donors (Lipinski definition) is 2. The lowest BCUT2D eigenvalue weighted by molar-refractivity contribution is 0.159. The van der Waals surface area contributed by atoms with E-state index in [0.717, 1.165) is 25.7 Å². The number of likely N-dealkylation sites (tertiary alicyclic amines) is 1. The van der Waals surface area contributed by atoms with Crippen LogP contribution in [0.2, 0.25) is 0 Å². The van der Waals surface area contributed by atoms with E-state index in [1.54, 1.807) is 0 Å². The molecule has 1 fully saturated rings. The number of nitrogens with zero attached hydrogens (tertiary/aromatic N) is 1. The Morgan fingerprint density at radius 3 is 2.80 bits per heavy atom. The minimum atomic E-state index is 0.816. The van der Waals surface area contributed by atoms with Crippen molar-refractivity contribution in [1.29, 1.82) is 0 Å². The van der Waals surface area contributed by atoms with Crippen molar-refractivity contribution < 1.29 is 0 Å². The van der Waals surface area contributed by atoms with Gasteiger partial charge in [-0.15, -0.1) is 0 Å². The third-order valence-corrected chi connectivity index (χ3v) is 3.29. The van der Waals surface area contributed by atoms with Crippen LogP contribution >= 0.6 is 0 Å². The first-order valence-corrected chi connectivity index (χ1v) is 6.44. The molecule has 0 radical (unpaired) electrons. The molecule has 0 bridgehead atoms. The Labute approximate surface area is 94.6 Å². The maximum absolute atomic E-state index is 3.45. The molecule has 1 unspecified atom stereocenters. The molecule has 15 heavy (non-hydrogen) atoms. The molecule has 3 heteroatoms. The minimum Gasteiger partial charge on any atom is -0.318 e. The third-order valence-electron chi connectivity index (χ3n) is 3.29. The molecule has 0 aromatic heterocycles. The van der Waals surface area contributed by atoms with E-state index in [1.807, 2.05) is 7.05 Å². The first-order valence-electron chi connectivity index (χ1n) is 6.44. The Hall–Kier alpha value is -0.120. The van der Waals surface area contributed by atoms with Crippen molar-refractivity contribution >= 4 is 0 Å². The highest BCUT2D eigenvalue weighted by atomic mass is 15.2. The minimum absolute atomic E-state index is 0.816. The summed E-state index contributed by atoms with van der Waals surface area (Å²) in [6.07, 6.45) is 5.51. The fraction of sp³-hybridized carbons (Fsp3) is 1.00. The number of likely N-dealkylation sites (N-methyl/N-ethyl adjacent to an activating group) is 1. The number of nitrogens with one attached hydrogen (secondary N) is 2. The fourth-order valence-electron chi connectivity index (χ4n) is 2.24. The summed E-state index contributed by atoms with van der Waals surface area (Å²) in [6.45, 7) is 8.27. The fourth-order valence-corrected chi connectivity index (χ4v) is 2.24. The molecule has 90 valence electrons. The zero-order chi connectivity index (χ0) is 10.9. The molecule has 2 N–H and O–H groups in total. The lowest BCUT2D eigenvalue weighted by Crippen LogP contribution is -2.39. The van der Waals surface area contributed by atoms with Gasteiger partial charge in [0.1, 0.15) is 0 Å². The summed E-state index contributed by atoms with van der Waals surface area (Å²) in [4.78, 5) is 2.64. The highest BCUT2D eigenvalue weighted by molar-refractivity contribution is 4.72. The van der Waals surface area contributed by atoms with E-state index in [2.05, 4.69) is 22.5 Å². The van der Waals surface area contributed by atoms with Crippen LogP contribution in [-0.2, 0) is 0 Å². The topological polar surface area (TPSA) is 27.3 Å². The zero-order valence-corrected chi connectivity index (χ0v) is 10.4. The van der Waals surface area contributed by atoms with E-state index < -0.39 is 0 Å². The van der Waals surface area contributed by atoms with Gasteiger partial charge in [-0.3, -0.25) is 0 Å². The zero-order valence-electron chi connectivity index (χ0n) is 10.4. The molecule has 0 saturated carbocycles. The number of piperidine rings is 1. The standard InChI is InChI=1S/C12H27N3/c1-12-6-3-4-10-15(12)11-5-7-14-9-8-13-2/h12-14H,3-11H2,1-2H3. The smallest absolute Gasteiger partial charge is 0.00766 e. The first kappa shape index (κ1) is 12.9. The molecule has 1 aliphatic rings. The molecule has 0 amide bonds. The van der Waals surface area contributed by atoms with Gasteiger partial charge in [0.2, 0.25) is 0 Å². The third kappa shape index (κ3) is 5.50. The summed E-state index contributed by atoms with van der Waals surface area (Å²) < 4.78 is 0. The quantitative estimate of drug-likeness (QED) is 0.619. The monoisotopic (exact) mass is 213 g/mol. The Bertz CT molecular complexity index is 150. The Kier molecular flexibility index (Phi) is 6.98. The van der Waals surface area contributed by atoms with E-state index in [9.17, 15) is 0 Å². The van der Waals surface area contributed by atoms with Crippen LogP contribution in [0, 0.1) is 0 Å².